The third kappa shape index (κ3) is 3.51. The Morgan fingerprint density at radius 3 is 1.96 bits per heavy atom. The summed E-state index contributed by atoms with van der Waals surface area (Å²) in [6.45, 7) is 11.4. The fourth-order valence-corrected chi connectivity index (χ4v) is 8.55. The molecule has 5 heteroatoms. The van der Waals surface area contributed by atoms with Crippen molar-refractivity contribution in [1.82, 2.24) is 0 Å². The first-order chi connectivity index (χ1) is 23.2. The number of rotatable bonds is 2. The van der Waals surface area contributed by atoms with Gasteiger partial charge in [-0.05, 0) is 70.5 Å². The van der Waals surface area contributed by atoms with Crippen LogP contribution in [0.5, 0.6) is 0 Å². The molecular weight excluding hydrogens is 587 g/mol. The van der Waals surface area contributed by atoms with E-state index in [9.17, 15) is 0 Å². The van der Waals surface area contributed by atoms with Crippen LogP contribution in [0.4, 0.5) is 34.3 Å². The zero-order chi connectivity index (χ0) is 32.5. The SMILES string of the molecule is CC(C)(C)c1cc2c3c(c1)N(c1ccccc1)c1c(oc4ccccc14)B3c1c(oc3c1C(C)(C)c1ccccc1-3)N2c1ccccc1. The molecule has 232 valence electrons. The van der Waals surface area contributed by atoms with Crippen molar-refractivity contribution in [2.75, 3.05) is 9.80 Å². The second kappa shape index (κ2) is 9.35. The summed E-state index contributed by atoms with van der Waals surface area (Å²) in [5.41, 5.74) is 14.5. The summed E-state index contributed by atoms with van der Waals surface area (Å²) in [6, 6.07) is 43.5. The van der Waals surface area contributed by atoms with E-state index in [1.807, 2.05) is 0 Å². The van der Waals surface area contributed by atoms with Gasteiger partial charge in [0.2, 0.25) is 5.88 Å². The van der Waals surface area contributed by atoms with E-state index in [-0.39, 0.29) is 17.5 Å². The lowest BCUT2D eigenvalue weighted by molar-refractivity contribution is 0.582. The zero-order valence-corrected chi connectivity index (χ0v) is 27.8. The lowest BCUT2D eigenvalue weighted by Crippen LogP contribution is -2.62. The maximum Gasteiger partial charge on any atom is 0.301 e. The van der Waals surface area contributed by atoms with Gasteiger partial charge in [-0.1, -0.05) is 107 Å². The van der Waals surface area contributed by atoms with Gasteiger partial charge in [0.25, 0.3) is 0 Å². The predicted octanol–water partition coefficient (Wildman–Crippen LogP) is 9.71. The molecule has 4 nitrogen and oxygen atoms in total. The summed E-state index contributed by atoms with van der Waals surface area (Å²) in [5, 5.41) is 1.11. The fraction of sp³-hybridized carbons (Fsp3) is 0.163. The van der Waals surface area contributed by atoms with Crippen LogP contribution in [0.3, 0.4) is 0 Å². The van der Waals surface area contributed by atoms with Crippen molar-refractivity contribution in [3.05, 3.63) is 138 Å². The van der Waals surface area contributed by atoms with Gasteiger partial charge in [-0.15, -0.1) is 0 Å². The van der Waals surface area contributed by atoms with Gasteiger partial charge in [0.15, 0.2) is 0 Å². The molecule has 0 radical (unpaired) electrons. The normalized spacial score (nSPS) is 15.2. The molecule has 0 fully saturated rings. The van der Waals surface area contributed by atoms with E-state index in [0.29, 0.717) is 0 Å². The quantitative estimate of drug-likeness (QED) is 0.180. The first-order valence-electron chi connectivity index (χ1n) is 16.9. The highest BCUT2D eigenvalue weighted by Gasteiger charge is 2.54. The maximum absolute atomic E-state index is 7.23. The Morgan fingerprint density at radius 1 is 0.646 bits per heavy atom. The summed E-state index contributed by atoms with van der Waals surface area (Å²) in [7, 11) is 0. The fourth-order valence-electron chi connectivity index (χ4n) is 8.55. The van der Waals surface area contributed by atoms with E-state index < -0.39 is 0 Å². The van der Waals surface area contributed by atoms with Crippen LogP contribution in [-0.2, 0) is 10.8 Å². The minimum absolute atomic E-state index is 0.101. The molecule has 0 spiro atoms. The topological polar surface area (TPSA) is 32.8 Å². The van der Waals surface area contributed by atoms with Crippen LogP contribution < -0.4 is 26.4 Å². The van der Waals surface area contributed by atoms with Gasteiger partial charge in [0.1, 0.15) is 11.3 Å². The van der Waals surface area contributed by atoms with Crippen molar-refractivity contribution in [3.63, 3.8) is 0 Å². The van der Waals surface area contributed by atoms with Gasteiger partial charge >= 0.3 is 6.71 Å². The van der Waals surface area contributed by atoms with E-state index in [1.165, 1.54) is 38.9 Å². The van der Waals surface area contributed by atoms with Crippen LogP contribution in [0.15, 0.2) is 130 Å². The summed E-state index contributed by atoms with van der Waals surface area (Å²) in [4.78, 5) is 4.81. The van der Waals surface area contributed by atoms with Crippen molar-refractivity contribution >= 4 is 68.6 Å². The highest BCUT2D eigenvalue weighted by molar-refractivity contribution is 7.00. The third-order valence-corrected chi connectivity index (χ3v) is 10.8. The summed E-state index contributed by atoms with van der Waals surface area (Å²) in [5.74, 6) is 1.85. The van der Waals surface area contributed by atoms with Gasteiger partial charge in [-0.25, -0.2) is 0 Å². The van der Waals surface area contributed by atoms with Crippen LogP contribution in [0.25, 0.3) is 22.3 Å². The van der Waals surface area contributed by atoms with E-state index in [2.05, 4.69) is 166 Å². The molecule has 7 aromatic rings. The molecular formula is C43H35BN2O2. The van der Waals surface area contributed by atoms with Crippen LogP contribution in [0.1, 0.15) is 51.3 Å². The van der Waals surface area contributed by atoms with E-state index >= 15 is 0 Å². The highest BCUT2D eigenvalue weighted by Crippen LogP contribution is 2.55. The minimum atomic E-state index is -0.267. The molecule has 0 saturated heterocycles. The van der Waals surface area contributed by atoms with E-state index in [4.69, 9.17) is 8.83 Å². The summed E-state index contributed by atoms with van der Waals surface area (Å²) in [6.07, 6.45) is 0. The predicted molar refractivity (Wildman–Crippen MR) is 199 cm³/mol. The standard InChI is InChI=1S/C43H35BN2O2/c1-42(2,3)26-24-32-36-33(25-26)46(28-18-10-7-11-19-28)41-37(35-39(48-41)29-20-12-14-22-31(29)43(35,4)5)44(36)40-38(30-21-13-15-23-34(30)47-40)45(32)27-16-8-6-9-17-27/h6-25H,1-5H3. The molecule has 2 aromatic heterocycles. The number of nitrogens with zero attached hydrogens (tertiary/aromatic N) is 2. The Kier molecular flexibility index (Phi) is 5.39. The minimum Gasteiger partial charge on any atom is -0.468 e. The Hall–Kier alpha value is -5.42. The molecule has 0 bridgehead atoms. The molecule has 5 aromatic carbocycles. The number of hydrogen-bond acceptors (Lipinski definition) is 4. The lowest BCUT2D eigenvalue weighted by Gasteiger charge is -2.42. The van der Waals surface area contributed by atoms with Gasteiger partial charge in [-0.3, -0.25) is 4.90 Å². The number of anilines is 6. The number of hydrogen-bond donors (Lipinski definition) is 0. The summed E-state index contributed by atoms with van der Waals surface area (Å²) < 4.78 is 14.3. The van der Waals surface area contributed by atoms with Crippen molar-refractivity contribution in [2.45, 2.75) is 45.4 Å². The number of benzene rings is 5. The van der Waals surface area contributed by atoms with Crippen LogP contribution in [0.2, 0.25) is 0 Å². The van der Waals surface area contributed by atoms with Crippen LogP contribution in [-0.4, -0.2) is 6.71 Å². The molecule has 0 saturated carbocycles. The monoisotopic (exact) mass is 622 g/mol. The molecule has 1 aliphatic carbocycles. The Morgan fingerprint density at radius 2 is 1.25 bits per heavy atom. The van der Waals surface area contributed by atoms with Crippen molar-refractivity contribution in [2.24, 2.45) is 0 Å². The number of furan rings is 2. The number of para-hydroxylation sites is 3. The molecule has 0 unspecified atom stereocenters. The maximum atomic E-state index is 7.23. The zero-order valence-electron chi connectivity index (χ0n) is 27.8. The Balaban J connectivity index is 1.40. The average Bonchev–Trinajstić information content (AvgIpc) is 3.74. The Labute approximate surface area is 281 Å². The smallest absolute Gasteiger partial charge is 0.301 e. The van der Waals surface area contributed by atoms with Crippen molar-refractivity contribution in [3.8, 4) is 11.3 Å². The largest absolute Gasteiger partial charge is 0.468 e. The van der Waals surface area contributed by atoms with Crippen molar-refractivity contribution < 1.29 is 8.83 Å². The van der Waals surface area contributed by atoms with Crippen LogP contribution in [0, 0.1) is 0 Å². The van der Waals surface area contributed by atoms with Gasteiger partial charge in [0.05, 0.1) is 11.3 Å². The molecule has 0 amide bonds. The van der Waals surface area contributed by atoms with Gasteiger partial charge in [-0.2, -0.15) is 0 Å². The van der Waals surface area contributed by atoms with Gasteiger partial charge < -0.3 is 13.7 Å². The average molecular weight is 623 g/mol. The molecule has 2 aliphatic heterocycles. The molecule has 4 heterocycles. The lowest BCUT2D eigenvalue weighted by atomic mass is 9.34. The van der Waals surface area contributed by atoms with E-state index in [0.717, 1.165) is 51.0 Å². The molecule has 48 heavy (non-hydrogen) atoms. The van der Waals surface area contributed by atoms with E-state index in [1.54, 1.807) is 0 Å². The second-order valence-corrected chi connectivity index (χ2v) is 15.0. The first-order valence-corrected chi connectivity index (χ1v) is 16.9. The second-order valence-electron chi connectivity index (χ2n) is 15.0. The first kappa shape index (κ1) is 27.7. The highest BCUT2D eigenvalue weighted by atomic mass is 16.4. The molecule has 0 atom stereocenters. The third-order valence-electron chi connectivity index (χ3n) is 10.8. The molecule has 10 rings (SSSR count). The summed E-state index contributed by atoms with van der Waals surface area (Å²) >= 11 is 0. The number of fused-ring (bicyclic) bond motifs is 10. The van der Waals surface area contributed by atoms with Gasteiger partial charge in [0, 0.05) is 50.1 Å². The molecule has 3 aliphatic rings. The molecule has 0 N–H and O–H groups in total. The van der Waals surface area contributed by atoms with Crippen LogP contribution >= 0.6 is 0 Å². The van der Waals surface area contributed by atoms with Crippen molar-refractivity contribution in [1.29, 1.82) is 0 Å². The Bertz CT molecular complexity index is 2430.